The molecule has 0 bridgehead atoms. The van der Waals surface area contributed by atoms with Gasteiger partial charge in [0.2, 0.25) is 5.91 Å². The summed E-state index contributed by atoms with van der Waals surface area (Å²) in [5, 5.41) is 3.33. The molecule has 2 rings (SSSR count). The lowest BCUT2D eigenvalue weighted by atomic mass is 10.1. The molecule has 1 aromatic carbocycles. The van der Waals surface area contributed by atoms with Gasteiger partial charge >= 0.3 is 0 Å². The fraction of sp³-hybridized carbons (Fsp3) is 0.214. The second-order valence-corrected chi connectivity index (χ2v) is 4.08. The van der Waals surface area contributed by atoms with Crippen LogP contribution in [0.1, 0.15) is 11.3 Å². The van der Waals surface area contributed by atoms with Crippen molar-refractivity contribution in [1.29, 1.82) is 0 Å². The van der Waals surface area contributed by atoms with Crippen molar-refractivity contribution in [3.05, 3.63) is 35.3 Å². The molecule has 0 atom stereocenters. The van der Waals surface area contributed by atoms with Gasteiger partial charge in [0.05, 0.1) is 13.0 Å². The monoisotopic (exact) mass is 244 g/mol. The van der Waals surface area contributed by atoms with Gasteiger partial charge in [-0.3, -0.25) is 4.79 Å². The molecule has 1 heterocycles. The summed E-state index contributed by atoms with van der Waals surface area (Å²) in [6.45, 7) is 2.07. The van der Waals surface area contributed by atoms with Crippen molar-refractivity contribution in [3.8, 4) is 12.3 Å². The van der Waals surface area contributed by atoms with E-state index in [1.54, 1.807) is 6.07 Å². The van der Waals surface area contributed by atoms with E-state index in [-0.39, 0.29) is 24.7 Å². The number of terminal acetylenes is 1. The summed E-state index contributed by atoms with van der Waals surface area (Å²) in [7, 11) is 0. The molecule has 0 spiro atoms. The molecule has 0 aliphatic rings. The highest BCUT2D eigenvalue weighted by atomic mass is 19.1. The summed E-state index contributed by atoms with van der Waals surface area (Å²) in [6, 6.07) is 4.49. The maximum absolute atomic E-state index is 13.2. The molecule has 1 aromatic heterocycles. The van der Waals surface area contributed by atoms with E-state index in [0.29, 0.717) is 0 Å². The predicted molar refractivity (Wildman–Crippen MR) is 68.5 cm³/mol. The van der Waals surface area contributed by atoms with Gasteiger partial charge in [-0.1, -0.05) is 5.92 Å². The maximum atomic E-state index is 13.2. The van der Waals surface area contributed by atoms with E-state index in [9.17, 15) is 9.18 Å². The highest BCUT2D eigenvalue weighted by molar-refractivity contribution is 5.90. The van der Waals surface area contributed by atoms with Crippen LogP contribution in [0.4, 0.5) is 4.39 Å². The molecule has 1 amide bonds. The Labute approximate surface area is 104 Å². The lowest BCUT2D eigenvalue weighted by Crippen LogP contribution is -2.25. The van der Waals surface area contributed by atoms with Gasteiger partial charge in [-0.05, 0) is 30.7 Å². The van der Waals surface area contributed by atoms with E-state index in [4.69, 9.17) is 6.42 Å². The summed E-state index contributed by atoms with van der Waals surface area (Å²) in [5.41, 5.74) is 2.50. The number of aryl methyl sites for hydroxylation is 1. The van der Waals surface area contributed by atoms with Crippen LogP contribution < -0.4 is 5.32 Å². The molecule has 2 N–H and O–H groups in total. The molecule has 0 fully saturated rings. The number of nitrogens with one attached hydrogen (secondary N) is 2. The number of hydrogen-bond acceptors (Lipinski definition) is 1. The Balaban J connectivity index is 2.32. The first-order chi connectivity index (χ1) is 8.61. The third-order valence-corrected chi connectivity index (χ3v) is 2.81. The van der Waals surface area contributed by atoms with Crippen LogP contribution in [0.15, 0.2) is 18.2 Å². The van der Waals surface area contributed by atoms with Gasteiger partial charge in [0.15, 0.2) is 0 Å². The second kappa shape index (κ2) is 4.92. The van der Waals surface area contributed by atoms with E-state index in [1.807, 2.05) is 6.92 Å². The molecule has 0 saturated heterocycles. The van der Waals surface area contributed by atoms with Crippen molar-refractivity contribution in [3.63, 3.8) is 0 Å². The third-order valence-electron chi connectivity index (χ3n) is 2.81. The lowest BCUT2D eigenvalue weighted by Gasteiger charge is -2.02. The molecular weight excluding hydrogens is 231 g/mol. The number of carbonyl (C=O) groups excluding carboxylic acids is 1. The number of amides is 1. The minimum absolute atomic E-state index is 0.166. The summed E-state index contributed by atoms with van der Waals surface area (Å²) >= 11 is 0. The van der Waals surface area contributed by atoms with E-state index < -0.39 is 0 Å². The van der Waals surface area contributed by atoms with Crippen LogP contribution in [0.3, 0.4) is 0 Å². The quantitative estimate of drug-likeness (QED) is 0.796. The molecule has 0 saturated carbocycles. The summed E-state index contributed by atoms with van der Waals surface area (Å²) in [4.78, 5) is 14.8. The van der Waals surface area contributed by atoms with Crippen molar-refractivity contribution >= 4 is 16.8 Å². The minimum Gasteiger partial charge on any atom is -0.358 e. The minimum atomic E-state index is -0.313. The maximum Gasteiger partial charge on any atom is 0.225 e. The van der Waals surface area contributed by atoms with Gasteiger partial charge in [-0.2, -0.15) is 0 Å². The fourth-order valence-electron chi connectivity index (χ4n) is 1.96. The average Bonchev–Trinajstić information content (AvgIpc) is 2.63. The topological polar surface area (TPSA) is 44.9 Å². The molecule has 0 radical (unpaired) electrons. The van der Waals surface area contributed by atoms with Crippen LogP contribution in [-0.2, 0) is 11.2 Å². The Morgan fingerprint density at radius 1 is 1.56 bits per heavy atom. The van der Waals surface area contributed by atoms with Crippen LogP contribution in [0.2, 0.25) is 0 Å². The van der Waals surface area contributed by atoms with E-state index in [0.717, 1.165) is 22.2 Å². The van der Waals surface area contributed by atoms with E-state index >= 15 is 0 Å². The number of H-pyrrole nitrogens is 1. The third kappa shape index (κ3) is 2.35. The van der Waals surface area contributed by atoms with Gasteiger partial charge in [-0.25, -0.2) is 4.39 Å². The van der Waals surface area contributed by atoms with Gasteiger partial charge in [-0.15, -0.1) is 6.42 Å². The van der Waals surface area contributed by atoms with Gasteiger partial charge in [0.1, 0.15) is 5.82 Å². The zero-order chi connectivity index (χ0) is 13.1. The number of fused-ring (bicyclic) bond motifs is 1. The number of benzene rings is 1. The molecule has 0 unspecified atom stereocenters. The average molecular weight is 244 g/mol. The molecule has 0 aliphatic carbocycles. The first-order valence-corrected chi connectivity index (χ1v) is 5.58. The molecule has 2 aromatic rings. The van der Waals surface area contributed by atoms with Crippen LogP contribution in [0.25, 0.3) is 10.9 Å². The van der Waals surface area contributed by atoms with E-state index in [2.05, 4.69) is 16.2 Å². The number of rotatable bonds is 3. The van der Waals surface area contributed by atoms with Gasteiger partial charge in [0, 0.05) is 16.6 Å². The first-order valence-electron chi connectivity index (χ1n) is 5.58. The zero-order valence-corrected chi connectivity index (χ0v) is 10.0. The van der Waals surface area contributed by atoms with Crippen LogP contribution in [0.5, 0.6) is 0 Å². The SMILES string of the molecule is C#CCNC(=O)Cc1c(C)[nH]c2ccc(F)cc12. The summed E-state index contributed by atoms with van der Waals surface area (Å²) < 4.78 is 13.2. The van der Waals surface area contributed by atoms with Crippen LogP contribution in [-0.4, -0.2) is 17.4 Å². The fourth-order valence-corrected chi connectivity index (χ4v) is 1.96. The summed E-state index contributed by atoms with van der Waals surface area (Å²) in [5.74, 6) is 1.86. The standard InChI is InChI=1S/C14H13FN2O/c1-3-6-16-14(18)8-11-9(2)17-13-5-4-10(15)7-12(11)13/h1,4-5,7,17H,6,8H2,2H3,(H,16,18). The summed E-state index contributed by atoms with van der Waals surface area (Å²) in [6.07, 6.45) is 5.26. The lowest BCUT2D eigenvalue weighted by molar-refractivity contribution is -0.120. The Bertz CT molecular complexity index is 637. The largest absolute Gasteiger partial charge is 0.358 e. The molecule has 0 aliphatic heterocycles. The number of aromatic amines is 1. The Morgan fingerprint density at radius 3 is 3.06 bits per heavy atom. The van der Waals surface area contributed by atoms with Crippen molar-refractivity contribution in [1.82, 2.24) is 10.3 Å². The van der Waals surface area contributed by atoms with Gasteiger partial charge in [0.25, 0.3) is 0 Å². The van der Waals surface area contributed by atoms with Gasteiger partial charge < -0.3 is 10.3 Å². The van der Waals surface area contributed by atoms with E-state index in [1.165, 1.54) is 12.1 Å². The number of halogens is 1. The predicted octanol–water partition coefficient (Wildman–Crippen LogP) is 1.91. The van der Waals surface area contributed by atoms with Crippen LogP contribution in [0, 0.1) is 25.1 Å². The zero-order valence-electron chi connectivity index (χ0n) is 10.0. The smallest absolute Gasteiger partial charge is 0.225 e. The van der Waals surface area contributed by atoms with Crippen LogP contribution >= 0.6 is 0 Å². The Morgan fingerprint density at radius 2 is 2.33 bits per heavy atom. The molecule has 18 heavy (non-hydrogen) atoms. The normalized spacial score (nSPS) is 10.3. The van der Waals surface area contributed by atoms with Crippen molar-refractivity contribution in [2.45, 2.75) is 13.3 Å². The van der Waals surface area contributed by atoms with Crippen molar-refractivity contribution in [2.24, 2.45) is 0 Å². The number of carbonyl (C=O) groups is 1. The second-order valence-electron chi connectivity index (χ2n) is 4.08. The highest BCUT2D eigenvalue weighted by Crippen LogP contribution is 2.23. The molecule has 4 heteroatoms. The molecular formula is C14H13FN2O. The number of hydrogen-bond donors (Lipinski definition) is 2. The number of aromatic nitrogens is 1. The molecule has 3 nitrogen and oxygen atoms in total. The Kier molecular flexibility index (Phi) is 3.33. The van der Waals surface area contributed by atoms with Crippen molar-refractivity contribution in [2.75, 3.05) is 6.54 Å². The van der Waals surface area contributed by atoms with Crippen molar-refractivity contribution < 1.29 is 9.18 Å². The Hall–Kier alpha value is -2.28. The first kappa shape index (κ1) is 12.2. The highest BCUT2D eigenvalue weighted by Gasteiger charge is 2.12. The molecule has 92 valence electrons.